The van der Waals surface area contributed by atoms with E-state index in [1.807, 2.05) is 13.0 Å². The van der Waals surface area contributed by atoms with Crippen molar-refractivity contribution in [1.29, 1.82) is 5.41 Å². The van der Waals surface area contributed by atoms with Crippen LogP contribution < -0.4 is 5.73 Å². The first-order chi connectivity index (χ1) is 8.47. The van der Waals surface area contributed by atoms with E-state index in [9.17, 15) is 4.79 Å². The van der Waals surface area contributed by atoms with Gasteiger partial charge in [-0.05, 0) is 49.3 Å². The zero-order valence-electron chi connectivity index (χ0n) is 10.4. The van der Waals surface area contributed by atoms with Gasteiger partial charge in [-0.25, -0.2) is 4.99 Å². The zero-order chi connectivity index (χ0) is 13.3. The number of hydrogen-bond acceptors (Lipinski definition) is 4. The Bertz CT molecular complexity index is 597. The molecule has 0 atom stereocenters. The molecule has 0 bridgehead atoms. The molecule has 0 saturated heterocycles. The lowest BCUT2D eigenvalue weighted by Gasteiger charge is -2.12. The number of nitrogen functional groups attached to an aromatic ring is 1. The van der Waals surface area contributed by atoms with Gasteiger partial charge in [0.1, 0.15) is 0 Å². The van der Waals surface area contributed by atoms with E-state index < -0.39 is 0 Å². The van der Waals surface area contributed by atoms with Gasteiger partial charge < -0.3 is 11.1 Å². The van der Waals surface area contributed by atoms with Crippen molar-refractivity contribution >= 4 is 28.6 Å². The SMILES string of the molecule is CC1=CC(=O)C(=Nc2ccc(N)c(C)c2)CC1=N. The topological polar surface area (TPSA) is 79.3 Å². The summed E-state index contributed by atoms with van der Waals surface area (Å²) < 4.78 is 0. The number of anilines is 1. The maximum Gasteiger partial charge on any atom is 0.200 e. The Hall–Kier alpha value is -2.23. The molecular formula is C14H15N3O. The summed E-state index contributed by atoms with van der Waals surface area (Å²) in [7, 11) is 0. The fourth-order valence-corrected chi connectivity index (χ4v) is 1.74. The highest BCUT2D eigenvalue weighted by atomic mass is 16.1. The number of rotatable bonds is 1. The second-order valence-electron chi connectivity index (χ2n) is 4.45. The van der Waals surface area contributed by atoms with Crippen LogP contribution in [0.5, 0.6) is 0 Å². The molecule has 4 heteroatoms. The van der Waals surface area contributed by atoms with E-state index in [-0.39, 0.29) is 5.78 Å². The molecule has 0 aromatic heterocycles. The van der Waals surface area contributed by atoms with Gasteiger partial charge in [0.25, 0.3) is 0 Å². The summed E-state index contributed by atoms with van der Waals surface area (Å²) >= 11 is 0. The molecule has 0 saturated carbocycles. The predicted octanol–water partition coefficient (Wildman–Crippen LogP) is 2.59. The summed E-state index contributed by atoms with van der Waals surface area (Å²) in [5, 5.41) is 7.74. The average Bonchev–Trinajstić information content (AvgIpc) is 2.31. The third kappa shape index (κ3) is 2.37. The first-order valence-corrected chi connectivity index (χ1v) is 5.71. The molecule has 92 valence electrons. The smallest absolute Gasteiger partial charge is 0.200 e. The lowest BCUT2D eigenvalue weighted by molar-refractivity contribution is -0.109. The highest BCUT2D eigenvalue weighted by molar-refractivity contribution is 6.50. The van der Waals surface area contributed by atoms with Crippen LogP contribution in [0.2, 0.25) is 0 Å². The Morgan fingerprint density at radius 1 is 1.33 bits per heavy atom. The Kier molecular flexibility index (Phi) is 3.10. The van der Waals surface area contributed by atoms with Gasteiger partial charge in [0.15, 0.2) is 0 Å². The molecule has 0 fully saturated rings. The van der Waals surface area contributed by atoms with Crippen LogP contribution in [-0.2, 0) is 4.79 Å². The number of hydrogen-bond donors (Lipinski definition) is 2. The zero-order valence-corrected chi connectivity index (χ0v) is 10.4. The number of carbonyl (C=O) groups is 1. The Balaban J connectivity index is 2.37. The van der Waals surface area contributed by atoms with E-state index in [2.05, 4.69) is 4.99 Å². The van der Waals surface area contributed by atoms with Crippen molar-refractivity contribution in [3.63, 3.8) is 0 Å². The molecule has 1 aromatic rings. The van der Waals surface area contributed by atoms with Crippen LogP contribution >= 0.6 is 0 Å². The van der Waals surface area contributed by atoms with E-state index >= 15 is 0 Å². The molecule has 0 radical (unpaired) electrons. The molecule has 0 unspecified atom stereocenters. The molecule has 1 aromatic carbocycles. The number of aryl methyl sites for hydroxylation is 1. The maximum atomic E-state index is 11.8. The summed E-state index contributed by atoms with van der Waals surface area (Å²) in [6.45, 7) is 3.66. The van der Waals surface area contributed by atoms with Crippen LogP contribution in [0, 0.1) is 12.3 Å². The highest BCUT2D eigenvalue weighted by Crippen LogP contribution is 2.21. The summed E-state index contributed by atoms with van der Waals surface area (Å²) in [6.07, 6.45) is 1.76. The van der Waals surface area contributed by atoms with Gasteiger partial charge in [0, 0.05) is 17.8 Å². The lowest BCUT2D eigenvalue weighted by Crippen LogP contribution is -2.22. The number of nitrogens with two attached hydrogens (primary N) is 1. The van der Waals surface area contributed by atoms with Crippen LogP contribution in [0.15, 0.2) is 34.8 Å². The lowest BCUT2D eigenvalue weighted by atomic mass is 9.96. The fourth-order valence-electron chi connectivity index (χ4n) is 1.74. The van der Waals surface area contributed by atoms with E-state index in [1.54, 1.807) is 19.1 Å². The van der Waals surface area contributed by atoms with E-state index in [1.165, 1.54) is 6.08 Å². The Labute approximate surface area is 106 Å². The minimum atomic E-state index is -0.113. The number of aliphatic imine (C=N–C) groups is 1. The molecule has 1 aliphatic carbocycles. The molecule has 0 aliphatic heterocycles. The quantitative estimate of drug-likeness (QED) is 0.741. The van der Waals surface area contributed by atoms with Crippen LogP contribution in [0.4, 0.5) is 11.4 Å². The van der Waals surface area contributed by atoms with Crippen molar-refractivity contribution in [1.82, 2.24) is 0 Å². The van der Waals surface area contributed by atoms with Crippen LogP contribution in [0.25, 0.3) is 0 Å². The standard InChI is InChI=1S/C14H15N3O/c1-8-5-10(3-4-11(8)15)17-13-7-12(16)9(2)6-14(13)18/h3-6,16H,7,15H2,1-2H3. The van der Waals surface area contributed by atoms with Crippen molar-refractivity contribution < 1.29 is 4.79 Å². The minimum absolute atomic E-state index is 0.113. The number of nitrogens with one attached hydrogen (secondary N) is 1. The molecule has 18 heavy (non-hydrogen) atoms. The van der Waals surface area contributed by atoms with Gasteiger partial charge in [-0.15, -0.1) is 0 Å². The largest absolute Gasteiger partial charge is 0.399 e. The number of allylic oxidation sites excluding steroid dienone is 2. The van der Waals surface area contributed by atoms with Crippen LogP contribution in [-0.4, -0.2) is 17.2 Å². The van der Waals surface area contributed by atoms with Crippen molar-refractivity contribution in [2.24, 2.45) is 4.99 Å². The average molecular weight is 241 g/mol. The van der Waals surface area contributed by atoms with Gasteiger partial charge in [-0.2, -0.15) is 0 Å². The number of ketones is 1. The molecular weight excluding hydrogens is 226 g/mol. The molecule has 3 N–H and O–H groups in total. The third-order valence-electron chi connectivity index (χ3n) is 2.97. The Morgan fingerprint density at radius 2 is 2.06 bits per heavy atom. The molecule has 2 rings (SSSR count). The van der Waals surface area contributed by atoms with Crippen molar-refractivity contribution in [3.8, 4) is 0 Å². The van der Waals surface area contributed by atoms with Crippen molar-refractivity contribution in [3.05, 3.63) is 35.4 Å². The van der Waals surface area contributed by atoms with Crippen LogP contribution in [0.1, 0.15) is 18.9 Å². The van der Waals surface area contributed by atoms with Crippen molar-refractivity contribution in [2.45, 2.75) is 20.3 Å². The molecule has 0 heterocycles. The number of nitrogens with zero attached hydrogens (tertiary/aromatic N) is 1. The predicted molar refractivity (Wildman–Crippen MR) is 73.8 cm³/mol. The highest BCUT2D eigenvalue weighted by Gasteiger charge is 2.19. The minimum Gasteiger partial charge on any atom is -0.399 e. The normalized spacial score (nSPS) is 18.1. The van der Waals surface area contributed by atoms with Crippen molar-refractivity contribution in [2.75, 3.05) is 5.73 Å². The van der Waals surface area contributed by atoms with E-state index in [0.29, 0.717) is 34.8 Å². The molecule has 1 aliphatic rings. The molecule has 0 amide bonds. The molecule has 0 spiro atoms. The van der Waals surface area contributed by atoms with Gasteiger partial charge in [0.05, 0.1) is 11.4 Å². The maximum absolute atomic E-state index is 11.8. The number of benzene rings is 1. The van der Waals surface area contributed by atoms with Gasteiger partial charge in [0.2, 0.25) is 5.78 Å². The third-order valence-corrected chi connectivity index (χ3v) is 2.97. The fraction of sp³-hybridized carbons (Fsp3) is 0.214. The first-order valence-electron chi connectivity index (χ1n) is 5.71. The Morgan fingerprint density at radius 3 is 2.72 bits per heavy atom. The molecule has 4 nitrogen and oxygen atoms in total. The van der Waals surface area contributed by atoms with Crippen LogP contribution in [0.3, 0.4) is 0 Å². The first kappa shape index (κ1) is 12.2. The summed E-state index contributed by atoms with van der Waals surface area (Å²) in [5.74, 6) is -0.113. The van der Waals surface area contributed by atoms with Gasteiger partial charge in [-0.1, -0.05) is 0 Å². The monoisotopic (exact) mass is 241 g/mol. The van der Waals surface area contributed by atoms with E-state index in [0.717, 1.165) is 5.56 Å². The summed E-state index contributed by atoms with van der Waals surface area (Å²) in [5.41, 5.74) is 9.64. The summed E-state index contributed by atoms with van der Waals surface area (Å²) in [4.78, 5) is 16.1. The second-order valence-corrected chi connectivity index (χ2v) is 4.45. The van der Waals surface area contributed by atoms with Gasteiger partial charge in [-0.3, -0.25) is 4.79 Å². The number of carbonyl (C=O) groups excluding carboxylic acids is 1. The summed E-state index contributed by atoms with van der Waals surface area (Å²) in [6, 6.07) is 5.39. The van der Waals surface area contributed by atoms with Gasteiger partial charge >= 0.3 is 0 Å². The second kappa shape index (κ2) is 4.56. The van der Waals surface area contributed by atoms with E-state index in [4.69, 9.17) is 11.1 Å².